The van der Waals surface area contributed by atoms with Crippen molar-refractivity contribution in [2.24, 2.45) is 0 Å². The Hall–Kier alpha value is -3.27. The first-order valence-corrected chi connectivity index (χ1v) is 7.78. The van der Waals surface area contributed by atoms with Crippen LogP contribution in [0.3, 0.4) is 0 Å². The van der Waals surface area contributed by atoms with E-state index in [0.29, 0.717) is 16.0 Å². The lowest BCUT2D eigenvalue weighted by molar-refractivity contribution is 0.0703. The van der Waals surface area contributed by atoms with Gasteiger partial charge in [-0.15, -0.1) is 11.3 Å². The van der Waals surface area contributed by atoms with Gasteiger partial charge in [0, 0.05) is 6.07 Å². The quantitative estimate of drug-likeness (QED) is 0.743. The molecule has 2 aromatic heterocycles. The molecule has 0 fully saturated rings. The second-order valence-electron chi connectivity index (χ2n) is 5.07. The molecule has 2 amide bonds. The number of carboxylic acids is 1. The summed E-state index contributed by atoms with van der Waals surface area (Å²) >= 11 is 0.914. The minimum absolute atomic E-state index is 0.0352. The number of benzene rings is 1. The highest BCUT2D eigenvalue weighted by molar-refractivity contribution is 7.21. The maximum absolute atomic E-state index is 14.5. The van der Waals surface area contributed by atoms with Crippen molar-refractivity contribution in [1.82, 2.24) is 9.97 Å². The van der Waals surface area contributed by atoms with E-state index in [0.717, 1.165) is 22.3 Å². The van der Waals surface area contributed by atoms with E-state index in [2.05, 4.69) is 15.3 Å². The molecule has 0 bridgehead atoms. The highest BCUT2D eigenvalue weighted by atomic mass is 32.1. The number of amides is 2. The van der Waals surface area contributed by atoms with Crippen molar-refractivity contribution in [2.45, 2.75) is 0 Å². The average molecular weight is 360 g/mol. The van der Waals surface area contributed by atoms with Gasteiger partial charge in [0.1, 0.15) is 21.8 Å². The Morgan fingerprint density at radius 2 is 2.20 bits per heavy atom. The summed E-state index contributed by atoms with van der Waals surface area (Å²) in [5.41, 5.74) is 0.0882. The molecule has 1 aliphatic heterocycles. The van der Waals surface area contributed by atoms with E-state index in [-0.39, 0.29) is 22.1 Å². The molecule has 0 atom stereocenters. The number of halogens is 1. The summed E-state index contributed by atoms with van der Waals surface area (Å²) in [6.07, 6.45) is 1.20. The van der Waals surface area contributed by atoms with E-state index >= 15 is 0 Å². The number of carbonyl (C=O) groups is 2. The summed E-state index contributed by atoms with van der Waals surface area (Å²) in [6.45, 7) is 0. The van der Waals surface area contributed by atoms with Crippen LogP contribution >= 0.6 is 11.3 Å². The monoisotopic (exact) mass is 360 g/mol. The van der Waals surface area contributed by atoms with Crippen molar-refractivity contribution < 1.29 is 23.8 Å². The summed E-state index contributed by atoms with van der Waals surface area (Å²) in [5.74, 6) is -1.45. The number of aromatic nitrogens is 2. The number of thiophene rings is 1. The van der Waals surface area contributed by atoms with E-state index in [4.69, 9.17) is 4.74 Å². The highest BCUT2D eigenvalue weighted by Gasteiger charge is 2.34. The molecule has 0 spiro atoms. The molecule has 2 N–H and O–H groups in total. The van der Waals surface area contributed by atoms with Crippen molar-refractivity contribution in [3.8, 4) is 5.75 Å². The molecule has 0 saturated carbocycles. The van der Waals surface area contributed by atoms with Crippen LogP contribution in [0.2, 0.25) is 0 Å². The third-order valence-electron chi connectivity index (χ3n) is 3.71. The largest absolute Gasteiger partial charge is 0.497 e. The molecule has 3 heterocycles. The van der Waals surface area contributed by atoms with E-state index < -0.39 is 17.8 Å². The van der Waals surface area contributed by atoms with E-state index in [1.165, 1.54) is 25.6 Å². The Balaban J connectivity index is 1.97. The molecule has 1 aromatic carbocycles. The molecule has 0 radical (unpaired) electrons. The lowest BCUT2D eigenvalue weighted by atomic mass is 10.2. The number of aromatic carboxylic acids is 1. The molecule has 1 aliphatic rings. The van der Waals surface area contributed by atoms with Crippen LogP contribution in [0.5, 0.6) is 5.75 Å². The Morgan fingerprint density at radius 1 is 1.40 bits per heavy atom. The van der Waals surface area contributed by atoms with Crippen LogP contribution in [0.1, 0.15) is 9.67 Å². The highest BCUT2D eigenvalue weighted by Crippen LogP contribution is 2.45. The molecule has 8 nitrogen and oxygen atoms in total. The fraction of sp³-hybridized carbons (Fsp3) is 0.0667. The van der Waals surface area contributed by atoms with Gasteiger partial charge in [0.05, 0.1) is 23.9 Å². The predicted octanol–water partition coefficient (Wildman–Crippen LogP) is 3.22. The molecule has 25 heavy (non-hydrogen) atoms. The number of carboxylic acid groups (broad SMARTS) is 1. The zero-order valence-corrected chi connectivity index (χ0v) is 13.4. The zero-order valence-electron chi connectivity index (χ0n) is 12.6. The van der Waals surface area contributed by atoms with E-state index in [9.17, 15) is 19.1 Å². The minimum atomic E-state index is -1.19. The summed E-state index contributed by atoms with van der Waals surface area (Å²) in [7, 11) is 1.40. The van der Waals surface area contributed by atoms with Crippen LogP contribution in [0, 0.1) is 5.82 Å². The van der Waals surface area contributed by atoms with E-state index in [1.807, 2.05) is 0 Å². The van der Waals surface area contributed by atoms with Crippen molar-refractivity contribution >= 4 is 50.7 Å². The number of methoxy groups -OCH3 is 1. The maximum atomic E-state index is 14.5. The normalized spacial score (nSPS) is 13.0. The molecule has 10 heteroatoms. The van der Waals surface area contributed by atoms with Crippen molar-refractivity contribution in [1.29, 1.82) is 0 Å². The smallest absolute Gasteiger partial charge is 0.348 e. The SMILES string of the molecule is COc1ccc(N2C(=O)Nc3c(C(=O)O)sc4ncnc2c34)c(F)c1. The lowest BCUT2D eigenvalue weighted by Gasteiger charge is -2.27. The topological polar surface area (TPSA) is 105 Å². The first-order chi connectivity index (χ1) is 12.0. The lowest BCUT2D eigenvalue weighted by Crippen LogP contribution is -2.35. The van der Waals surface area contributed by atoms with Gasteiger partial charge in [-0.3, -0.25) is 0 Å². The van der Waals surface area contributed by atoms with Gasteiger partial charge in [0.2, 0.25) is 0 Å². The number of ether oxygens (including phenoxy) is 1. The summed E-state index contributed by atoms with van der Waals surface area (Å²) in [5, 5.41) is 12.2. The van der Waals surface area contributed by atoms with Crippen LogP contribution in [0.4, 0.5) is 26.4 Å². The zero-order chi connectivity index (χ0) is 17.7. The van der Waals surface area contributed by atoms with Gasteiger partial charge in [-0.05, 0) is 12.1 Å². The molecule has 0 aliphatic carbocycles. The third kappa shape index (κ3) is 2.18. The fourth-order valence-electron chi connectivity index (χ4n) is 2.64. The van der Waals surface area contributed by atoms with Gasteiger partial charge in [0.25, 0.3) is 0 Å². The molecule has 3 aromatic rings. The second kappa shape index (κ2) is 5.38. The molecule has 0 unspecified atom stereocenters. The van der Waals surface area contributed by atoms with Crippen LogP contribution in [0.25, 0.3) is 10.2 Å². The van der Waals surface area contributed by atoms with Gasteiger partial charge < -0.3 is 15.2 Å². The Kier molecular flexibility index (Phi) is 3.29. The van der Waals surface area contributed by atoms with Gasteiger partial charge in [-0.1, -0.05) is 0 Å². The fourth-order valence-corrected chi connectivity index (χ4v) is 3.57. The maximum Gasteiger partial charge on any atom is 0.348 e. The summed E-state index contributed by atoms with van der Waals surface area (Å²) in [4.78, 5) is 33.4. The molecule has 0 saturated heterocycles. The molecule has 4 rings (SSSR count). The molecule has 126 valence electrons. The summed E-state index contributed by atoms with van der Waals surface area (Å²) < 4.78 is 19.4. The summed E-state index contributed by atoms with van der Waals surface area (Å²) in [6, 6.07) is 3.33. The van der Waals surface area contributed by atoms with Gasteiger partial charge >= 0.3 is 12.0 Å². The van der Waals surface area contributed by atoms with Gasteiger partial charge in [-0.2, -0.15) is 0 Å². The second-order valence-corrected chi connectivity index (χ2v) is 6.07. The third-order valence-corrected chi connectivity index (χ3v) is 4.79. The minimum Gasteiger partial charge on any atom is -0.497 e. The Bertz CT molecular complexity index is 1050. The number of nitrogens with one attached hydrogen (secondary N) is 1. The van der Waals surface area contributed by atoms with Crippen LogP contribution in [-0.2, 0) is 0 Å². The average Bonchev–Trinajstić information content (AvgIpc) is 2.96. The van der Waals surface area contributed by atoms with Crippen LogP contribution in [0.15, 0.2) is 24.5 Å². The predicted molar refractivity (Wildman–Crippen MR) is 88.5 cm³/mol. The number of hydrogen-bond donors (Lipinski definition) is 2. The standard InChI is InChI=1S/C15H9FN4O4S/c1-24-6-2-3-8(7(16)4-6)20-12-9-10(19-15(20)23)11(14(21)22)25-13(9)18-5-17-12/h2-5H,1H3,(H,19,23)(H,21,22). The number of carbonyl (C=O) groups excluding carboxylic acids is 1. The van der Waals surface area contributed by atoms with Crippen molar-refractivity contribution in [3.63, 3.8) is 0 Å². The number of urea groups is 1. The van der Waals surface area contributed by atoms with Crippen LogP contribution < -0.4 is 15.0 Å². The van der Waals surface area contributed by atoms with Gasteiger partial charge in [0.15, 0.2) is 11.6 Å². The first kappa shape index (κ1) is 15.3. The number of hydrogen-bond acceptors (Lipinski definition) is 6. The Morgan fingerprint density at radius 3 is 2.88 bits per heavy atom. The number of nitrogens with zero attached hydrogens (tertiary/aromatic N) is 3. The number of rotatable bonds is 3. The molecular weight excluding hydrogens is 351 g/mol. The van der Waals surface area contributed by atoms with Crippen molar-refractivity contribution in [3.05, 3.63) is 35.2 Å². The van der Waals surface area contributed by atoms with E-state index in [1.54, 1.807) is 0 Å². The molecular formula is C15H9FN4O4S. The van der Waals surface area contributed by atoms with Crippen LogP contribution in [-0.4, -0.2) is 34.2 Å². The Labute approximate surface area is 143 Å². The number of anilines is 3. The van der Waals surface area contributed by atoms with Gasteiger partial charge in [-0.25, -0.2) is 28.8 Å². The first-order valence-electron chi connectivity index (χ1n) is 6.96. The van der Waals surface area contributed by atoms with Crippen molar-refractivity contribution in [2.75, 3.05) is 17.3 Å².